The maximum Gasteiger partial charge on any atom is 0.221 e. The first-order valence-corrected chi connectivity index (χ1v) is 7.79. The van der Waals surface area contributed by atoms with Crippen LogP contribution in [0.1, 0.15) is 32.3 Å². The lowest BCUT2D eigenvalue weighted by molar-refractivity contribution is -0.114. The van der Waals surface area contributed by atoms with E-state index in [1.54, 1.807) is 0 Å². The number of likely N-dealkylation sites (tertiary alicyclic amines) is 1. The van der Waals surface area contributed by atoms with Crippen LogP contribution >= 0.6 is 0 Å². The minimum absolute atomic E-state index is 0.0292. The molecule has 4 heteroatoms. The van der Waals surface area contributed by atoms with Crippen LogP contribution < -0.4 is 10.6 Å². The van der Waals surface area contributed by atoms with Gasteiger partial charge >= 0.3 is 0 Å². The predicted molar refractivity (Wildman–Crippen MR) is 88.8 cm³/mol. The number of aryl methyl sites for hydroxylation is 1. The molecule has 1 aliphatic rings. The fourth-order valence-corrected chi connectivity index (χ4v) is 2.99. The zero-order valence-corrected chi connectivity index (χ0v) is 13.6. The second-order valence-corrected chi connectivity index (χ2v) is 6.28. The molecule has 1 aliphatic heterocycles. The Balaban J connectivity index is 1.96. The van der Waals surface area contributed by atoms with E-state index >= 15 is 0 Å². The van der Waals surface area contributed by atoms with Crippen molar-refractivity contribution >= 4 is 17.3 Å². The van der Waals surface area contributed by atoms with Crippen LogP contribution in [0.25, 0.3) is 0 Å². The van der Waals surface area contributed by atoms with Crippen LogP contribution in [0.4, 0.5) is 11.4 Å². The van der Waals surface area contributed by atoms with Gasteiger partial charge in [0, 0.05) is 24.3 Å². The minimum atomic E-state index is -0.0292. The van der Waals surface area contributed by atoms with Gasteiger partial charge in [-0.05, 0) is 76.5 Å². The number of carbonyl (C=O) groups excluding carboxylic acids is 1. The summed E-state index contributed by atoms with van der Waals surface area (Å²) in [5, 5.41) is 6.47. The van der Waals surface area contributed by atoms with E-state index in [1.807, 2.05) is 19.1 Å². The van der Waals surface area contributed by atoms with Gasteiger partial charge in [-0.2, -0.15) is 0 Å². The molecule has 0 aromatic heterocycles. The number of amides is 1. The molecule has 1 amide bonds. The van der Waals surface area contributed by atoms with Gasteiger partial charge in [0.15, 0.2) is 0 Å². The third kappa shape index (κ3) is 4.46. The largest absolute Gasteiger partial charge is 0.382 e. The summed E-state index contributed by atoms with van der Waals surface area (Å²) in [5.41, 5.74) is 3.11. The number of anilines is 2. The Bertz CT molecular complexity index is 493. The fourth-order valence-electron chi connectivity index (χ4n) is 2.99. The Kier molecular flexibility index (Phi) is 5.23. The second kappa shape index (κ2) is 6.94. The van der Waals surface area contributed by atoms with Gasteiger partial charge in [-0.3, -0.25) is 4.79 Å². The van der Waals surface area contributed by atoms with E-state index in [0.717, 1.165) is 22.9 Å². The third-order valence-electron chi connectivity index (χ3n) is 4.40. The van der Waals surface area contributed by atoms with E-state index < -0.39 is 0 Å². The second-order valence-electron chi connectivity index (χ2n) is 6.28. The maximum absolute atomic E-state index is 11.1. The molecule has 0 bridgehead atoms. The normalized spacial score (nSPS) is 18.3. The third-order valence-corrected chi connectivity index (χ3v) is 4.40. The molecule has 1 heterocycles. The van der Waals surface area contributed by atoms with Crippen LogP contribution in [0.15, 0.2) is 18.2 Å². The molecule has 1 aromatic rings. The number of benzene rings is 1. The van der Waals surface area contributed by atoms with Crippen molar-refractivity contribution in [2.45, 2.75) is 39.7 Å². The molecule has 21 heavy (non-hydrogen) atoms. The van der Waals surface area contributed by atoms with Crippen LogP contribution in [0, 0.1) is 12.8 Å². The van der Waals surface area contributed by atoms with Gasteiger partial charge in [0.2, 0.25) is 5.91 Å². The van der Waals surface area contributed by atoms with E-state index in [2.05, 4.69) is 35.6 Å². The molecule has 1 saturated heterocycles. The highest BCUT2D eigenvalue weighted by Crippen LogP contribution is 2.25. The number of hydrogen-bond acceptors (Lipinski definition) is 3. The molecule has 116 valence electrons. The van der Waals surface area contributed by atoms with Gasteiger partial charge in [0.05, 0.1) is 0 Å². The summed E-state index contributed by atoms with van der Waals surface area (Å²) in [7, 11) is 2.19. The Morgan fingerprint density at radius 3 is 2.57 bits per heavy atom. The molecule has 2 rings (SSSR count). The molecule has 1 unspecified atom stereocenters. The van der Waals surface area contributed by atoms with Crippen molar-refractivity contribution in [1.29, 1.82) is 0 Å². The first kappa shape index (κ1) is 15.8. The summed E-state index contributed by atoms with van der Waals surface area (Å²) >= 11 is 0. The molecular weight excluding hydrogens is 262 g/mol. The number of piperidine rings is 1. The van der Waals surface area contributed by atoms with Crippen molar-refractivity contribution in [1.82, 2.24) is 4.90 Å². The fraction of sp³-hybridized carbons (Fsp3) is 0.588. The smallest absolute Gasteiger partial charge is 0.221 e. The summed E-state index contributed by atoms with van der Waals surface area (Å²) < 4.78 is 0. The highest BCUT2D eigenvalue weighted by Gasteiger charge is 2.22. The number of hydrogen-bond donors (Lipinski definition) is 2. The standard InChI is InChI=1S/C17H27N3O/c1-12-11-16(5-6-17(12)19-14(3)21)18-13(2)15-7-9-20(4)10-8-15/h5-6,11,13,15,18H,7-10H2,1-4H3,(H,19,21). The quantitative estimate of drug-likeness (QED) is 0.895. The molecular formula is C17H27N3O. The molecule has 0 radical (unpaired) electrons. The van der Waals surface area contributed by atoms with Crippen molar-refractivity contribution in [2.24, 2.45) is 5.92 Å². The van der Waals surface area contributed by atoms with Crippen LogP contribution in [0.5, 0.6) is 0 Å². The lowest BCUT2D eigenvalue weighted by atomic mass is 9.90. The predicted octanol–water partition coefficient (Wildman–Crippen LogP) is 3.10. The summed E-state index contributed by atoms with van der Waals surface area (Å²) in [6.45, 7) is 8.21. The molecule has 0 aliphatic carbocycles. The monoisotopic (exact) mass is 289 g/mol. The molecule has 2 N–H and O–H groups in total. The Morgan fingerprint density at radius 2 is 2.00 bits per heavy atom. The average molecular weight is 289 g/mol. The van der Waals surface area contributed by atoms with Crippen LogP contribution in [0.3, 0.4) is 0 Å². The molecule has 1 fully saturated rings. The van der Waals surface area contributed by atoms with Crippen molar-refractivity contribution in [3.63, 3.8) is 0 Å². The van der Waals surface area contributed by atoms with Crippen LogP contribution in [0.2, 0.25) is 0 Å². The van der Waals surface area contributed by atoms with E-state index in [0.29, 0.717) is 6.04 Å². The number of nitrogens with zero attached hydrogens (tertiary/aromatic N) is 1. The molecule has 0 saturated carbocycles. The zero-order valence-electron chi connectivity index (χ0n) is 13.6. The lowest BCUT2D eigenvalue weighted by Crippen LogP contribution is -2.37. The van der Waals surface area contributed by atoms with Gasteiger partial charge in [0.25, 0.3) is 0 Å². The number of carbonyl (C=O) groups is 1. The van der Waals surface area contributed by atoms with Crippen LogP contribution in [-0.2, 0) is 4.79 Å². The highest BCUT2D eigenvalue weighted by molar-refractivity contribution is 5.89. The van der Waals surface area contributed by atoms with Gasteiger partial charge in [0.1, 0.15) is 0 Å². The van der Waals surface area contributed by atoms with Crippen molar-refractivity contribution in [3.05, 3.63) is 23.8 Å². The Labute approximate surface area is 127 Å². The van der Waals surface area contributed by atoms with Crippen molar-refractivity contribution in [2.75, 3.05) is 30.8 Å². The number of rotatable bonds is 4. The lowest BCUT2D eigenvalue weighted by Gasteiger charge is -2.33. The van der Waals surface area contributed by atoms with Gasteiger partial charge in [-0.1, -0.05) is 0 Å². The summed E-state index contributed by atoms with van der Waals surface area (Å²) in [6, 6.07) is 6.60. The van der Waals surface area contributed by atoms with Gasteiger partial charge in [-0.25, -0.2) is 0 Å². The zero-order chi connectivity index (χ0) is 15.4. The number of nitrogens with one attached hydrogen (secondary N) is 2. The summed E-state index contributed by atoms with van der Waals surface area (Å²) in [5.74, 6) is 0.704. The summed E-state index contributed by atoms with van der Waals surface area (Å²) in [6.07, 6.45) is 2.52. The van der Waals surface area contributed by atoms with Crippen LogP contribution in [-0.4, -0.2) is 37.0 Å². The molecule has 1 atom stereocenters. The van der Waals surface area contributed by atoms with E-state index in [1.165, 1.54) is 32.9 Å². The van der Waals surface area contributed by atoms with E-state index in [4.69, 9.17) is 0 Å². The van der Waals surface area contributed by atoms with Gasteiger partial charge in [-0.15, -0.1) is 0 Å². The van der Waals surface area contributed by atoms with E-state index in [9.17, 15) is 4.79 Å². The first-order chi connectivity index (χ1) is 9.95. The molecule has 0 spiro atoms. The summed E-state index contributed by atoms with van der Waals surface area (Å²) in [4.78, 5) is 13.5. The maximum atomic E-state index is 11.1. The average Bonchev–Trinajstić information content (AvgIpc) is 2.42. The molecule has 4 nitrogen and oxygen atoms in total. The SMILES string of the molecule is CC(=O)Nc1ccc(NC(C)C2CCN(C)CC2)cc1C. The van der Waals surface area contributed by atoms with Crippen molar-refractivity contribution in [3.8, 4) is 0 Å². The minimum Gasteiger partial charge on any atom is -0.382 e. The first-order valence-electron chi connectivity index (χ1n) is 7.79. The Morgan fingerprint density at radius 1 is 1.33 bits per heavy atom. The van der Waals surface area contributed by atoms with E-state index in [-0.39, 0.29) is 5.91 Å². The van der Waals surface area contributed by atoms with Gasteiger partial charge < -0.3 is 15.5 Å². The Hall–Kier alpha value is -1.55. The topological polar surface area (TPSA) is 44.4 Å². The molecule has 1 aromatic carbocycles. The highest BCUT2D eigenvalue weighted by atomic mass is 16.1. The van der Waals surface area contributed by atoms with Crippen molar-refractivity contribution < 1.29 is 4.79 Å².